The van der Waals surface area contributed by atoms with Crippen LogP contribution >= 0.6 is 0 Å². The standard InChI is InChI=1S/C18H19N3O3/c1-3-10-21(18(23)14-8-9-17(22)20-19-14)12(2)16-11-13-6-4-5-7-15(13)24-16/h4-9,11-12H,3,10H2,1-2H3,(H,20,22)/t12-/m0/s1. The SMILES string of the molecule is CCCN(C(=O)c1ccc(=O)[nH]n1)[C@@H](C)c1cc2ccccc2o1. The van der Waals surface area contributed by atoms with Crippen LogP contribution in [0, 0.1) is 0 Å². The van der Waals surface area contributed by atoms with Crippen molar-refractivity contribution < 1.29 is 9.21 Å². The number of aromatic nitrogens is 2. The first kappa shape index (κ1) is 16.0. The van der Waals surface area contributed by atoms with Crippen LogP contribution in [-0.2, 0) is 0 Å². The lowest BCUT2D eigenvalue weighted by atomic mass is 10.1. The largest absolute Gasteiger partial charge is 0.459 e. The monoisotopic (exact) mass is 325 g/mol. The zero-order chi connectivity index (χ0) is 17.1. The summed E-state index contributed by atoms with van der Waals surface area (Å²) in [6.07, 6.45) is 0.805. The summed E-state index contributed by atoms with van der Waals surface area (Å²) in [5, 5.41) is 7.15. The van der Waals surface area contributed by atoms with Gasteiger partial charge in [0.1, 0.15) is 17.0 Å². The van der Waals surface area contributed by atoms with Crippen LogP contribution in [0.15, 0.2) is 51.7 Å². The number of rotatable bonds is 5. The van der Waals surface area contributed by atoms with Gasteiger partial charge in [-0.2, -0.15) is 5.10 Å². The molecule has 1 N–H and O–H groups in total. The van der Waals surface area contributed by atoms with Gasteiger partial charge in [-0.05, 0) is 31.5 Å². The van der Waals surface area contributed by atoms with E-state index in [-0.39, 0.29) is 23.2 Å². The first-order valence-corrected chi connectivity index (χ1v) is 7.95. The van der Waals surface area contributed by atoms with Crippen LogP contribution in [0.5, 0.6) is 0 Å². The lowest BCUT2D eigenvalue weighted by Crippen LogP contribution is -2.35. The summed E-state index contributed by atoms with van der Waals surface area (Å²) < 4.78 is 5.89. The number of nitrogens with zero attached hydrogens (tertiary/aromatic N) is 2. The average Bonchev–Trinajstić information content (AvgIpc) is 3.03. The Morgan fingerprint density at radius 2 is 2.08 bits per heavy atom. The highest BCUT2D eigenvalue weighted by molar-refractivity contribution is 5.92. The molecule has 0 unspecified atom stereocenters. The molecule has 0 saturated heterocycles. The minimum absolute atomic E-state index is 0.214. The van der Waals surface area contributed by atoms with Crippen molar-refractivity contribution in [2.24, 2.45) is 0 Å². The molecule has 0 aliphatic heterocycles. The van der Waals surface area contributed by atoms with Crippen molar-refractivity contribution in [2.45, 2.75) is 26.3 Å². The van der Waals surface area contributed by atoms with Gasteiger partial charge in [-0.15, -0.1) is 0 Å². The first-order valence-electron chi connectivity index (χ1n) is 7.95. The predicted molar refractivity (Wildman–Crippen MR) is 90.8 cm³/mol. The van der Waals surface area contributed by atoms with Crippen molar-refractivity contribution in [3.05, 3.63) is 64.3 Å². The van der Waals surface area contributed by atoms with Crippen LogP contribution in [0.3, 0.4) is 0 Å². The smallest absolute Gasteiger partial charge is 0.274 e. The van der Waals surface area contributed by atoms with Gasteiger partial charge >= 0.3 is 0 Å². The Hall–Kier alpha value is -2.89. The maximum absolute atomic E-state index is 12.8. The van der Waals surface area contributed by atoms with Crippen molar-refractivity contribution >= 4 is 16.9 Å². The zero-order valence-corrected chi connectivity index (χ0v) is 13.7. The van der Waals surface area contributed by atoms with Crippen LogP contribution in [0.4, 0.5) is 0 Å². The molecule has 3 aromatic rings. The number of carbonyl (C=O) groups is 1. The molecule has 124 valence electrons. The number of H-pyrrole nitrogens is 1. The molecule has 1 atom stereocenters. The zero-order valence-electron chi connectivity index (χ0n) is 13.7. The van der Waals surface area contributed by atoms with Crippen molar-refractivity contribution in [2.75, 3.05) is 6.54 Å². The molecule has 6 nitrogen and oxygen atoms in total. The van der Waals surface area contributed by atoms with Crippen LogP contribution in [0.2, 0.25) is 0 Å². The second kappa shape index (κ2) is 6.70. The summed E-state index contributed by atoms with van der Waals surface area (Å²) in [6, 6.07) is 12.2. The molecule has 1 amide bonds. The number of benzene rings is 1. The van der Waals surface area contributed by atoms with E-state index >= 15 is 0 Å². The van der Waals surface area contributed by atoms with Gasteiger partial charge in [0.2, 0.25) is 0 Å². The highest BCUT2D eigenvalue weighted by Crippen LogP contribution is 2.28. The number of nitrogens with one attached hydrogen (secondary N) is 1. The van der Waals surface area contributed by atoms with E-state index in [1.807, 2.05) is 44.2 Å². The Bertz CT molecular complexity index is 860. The van der Waals surface area contributed by atoms with E-state index in [9.17, 15) is 9.59 Å². The van der Waals surface area contributed by atoms with Crippen molar-refractivity contribution in [3.63, 3.8) is 0 Å². The summed E-state index contributed by atoms with van der Waals surface area (Å²) >= 11 is 0. The average molecular weight is 325 g/mol. The summed E-state index contributed by atoms with van der Waals surface area (Å²) in [6.45, 7) is 4.50. The third kappa shape index (κ3) is 3.08. The quantitative estimate of drug-likeness (QED) is 0.781. The van der Waals surface area contributed by atoms with Gasteiger partial charge in [-0.1, -0.05) is 25.1 Å². The van der Waals surface area contributed by atoms with E-state index in [1.165, 1.54) is 12.1 Å². The van der Waals surface area contributed by atoms with E-state index in [1.54, 1.807) is 4.90 Å². The maximum Gasteiger partial charge on any atom is 0.274 e. The molecule has 2 heterocycles. The maximum atomic E-state index is 12.8. The van der Waals surface area contributed by atoms with Crippen LogP contribution in [0.25, 0.3) is 11.0 Å². The lowest BCUT2D eigenvalue weighted by molar-refractivity contribution is 0.0665. The highest BCUT2D eigenvalue weighted by atomic mass is 16.3. The van der Waals surface area contributed by atoms with Gasteiger partial charge < -0.3 is 9.32 Å². The number of para-hydroxylation sites is 1. The van der Waals surface area contributed by atoms with Crippen molar-refractivity contribution in [3.8, 4) is 0 Å². The molecular weight excluding hydrogens is 306 g/mol. The number of furan rings is 1. The van der Waals surface area contributed by atoms with E-state index in [0.717, 1.165) is 23.2 Å². The van der Waals surface area contributed by atoms with Gasteiger partial charge in [0.15, 0.2) is 0 Å². The number of amides is 1. The Kier molecular flexibility index (Phi) is 4.46. The van der Waals surface area contributed by atoms with E-state index in [4.69, 9.17) is 4.42 Å². The van der Waals surface area contributed by atoms with Crippen molar-refractivity contribution in [1.82, 2.24) is 15.1 Å². The van der Waals surface area contributed by atoms with Gasteiger partial charge in [-0.3, -0.25) is 9.59 Å². The Balaban J connectivity index is 1.92. The molecule has 24 heavy (non-hydrogen) atoms. The Labute approximate surface area is 139 Å². The fourth-order valence-corrected chi connectivity index (χ4v) is 2.68. The molecule has 0 saturated carbocycles. The summed E-state index contributed by atoms with van der Waals surface area (Å²) in [4.78, 5) is 25.6. The summed E-state index contributed by atoms with van der Waals surface area (Å²) in [5.41, 5.74) is 0.676. The molecule has 0 radical (unpaired) electrons. The van der Waals surface area contributed by atoms with E-state index in [0.29, 0.717) is 6.54 Å². The number of fused-ring (bicyclic) bond motifs is 1. The number of aromatic amines is 1. The molecule has 0 fully saturated rings. The second-order valence-corrected chi connectivity index (χ2v) is 5.67. The normalized spacial score (nSPS) is 12.2. The fourth-order valence-electron chi connectivity index (χ4n) is 2.68. The first-order chi connectivity index (χ1) is 11.6. The van der Waals surface area contributed by atoms with Crippen LogP contribution in [-0.4, -0.2) is 27.5 Å². The topological polar surface area (TPSA) is 79.2 Å². The minimum Gasteiger partial charge on any atom is -0.459 e. The number of hydrogen-bond donors (Lipinski definition) is 1. The van der Waals surface area contributed by atoms with Crippen molar-refractivity contribution in [1.29, 1.82) is 0 Å². The predicted octanol–water partition coefficient (Wildman–Crippen LogP) is 3.13. The van der Waals surface area contributed by atoms with Gasteiger partial charge in [-0.25, -0.2) is 5.10 Å². The second-order valence-electron chi connectivity index (χ2n) is 5.67. The molecule has 0 aliphatic carbocycles. The van der Waals surface area contributed by atoms with E-state index < -0.39 is 0 Å². The molecule has 3 rings (SSSR count). The minimum atomic E-state index is -0.334. The Morgan fingerprint density at radius 3 is 2.75 bits per heavy atom. The molecule has 6 heteroatoms. The fraction of sp³-hybridized carbons (Fsp3) is 0.278. The summed E-state index contributed by atoms with van der Waals surface area (Å²) in [5.74, 6) is 0.489. The molecule has 0 bridgehead atoms. The highest BCUT2D eigenvalue weighted by Gasteiger charge is 2.25. The van der Waals surface area contributed by atoms with Crippen LogP contribution < -0.4 is 5.56 Å². The number of carbonyl (C=O) groups excluding carboxylic acids is 1. The van der Waals surface area contributed by atoms with Gasteiger partial charge in [0.25, 0.3) is 11.5 Å². The third-order valence-electron chi connectivity index (χ3n) is 3.95. The van der Waals surface area contributed by atoms with Gasteiger partial charge in [0.05, 0.1) is 6.04 Å². The lowest BCUT2D eigenvalue weighted by Gasteiger charge is -2.27. The Morgan fingerprint density at radius 1 is 1.29 bits per heavy atom. The van der Waals surface area contributed by atoms with E-state index in [2.05, 4.69) is 10.2 Å². The molecule has 0 spiro atoms. The molecule has 1 aromatic carbocycles. The molecular formula is C18H19N3O3. The molecule has 0 aliphatic rings. The van der Waals surface area contributed by atoms with Gasteiger partial charge in [0, 0.05) is 18.0 Å². The van der Waals surface area contributed by atoms with Crippen LogP contribution in [0.1, 0.15) is 42.6 Å². The number of hydrogen-bond acceptors (Lipinski definition) is 4. The molecule has 2 aromatic heterocycles. The third-order valence-corrected chi connectivity index (χ3v) is 3.95. The summed E-state index contributed by atoms with van der Waals surface area (Å²) in [7, 11) is 0.